The zero-order chi connectivity index (χ0) is 17.9. The summed E-state index contributed by atoms with van der Waals surface area (Å²) in [4.78, 5) is 32.8. The van der Waals surface area contributed by atoms with Crippen LogP contribution in [-0.2, 0) is 9.59 Å². The van der Waals surface area contributed by atoms with Gasteiger partial charge in [0.25, 0.3) is 0 Å². The molecular weight excluding hydrogens is 296 g/mol. The van der Waals surface area contributed by atoms with Crippen molar-refractivity contribution >= 4 is 17.8 Å². The highest BCUT2D eigenvalue weighted by atomic mass is 16.2. The molecule has 0 spiro atoms. The van der Waals surface area contributed by atoms with Gasteiger partial charge in [-0.2, -0.15) is 0 Å². The molecule has 0 rings (SSSR count). The summed E-state index contributed by atoms with van der Waals surface area (Å²) in [5.74, 6) is -1.14. The van der Waals surface area contributed by atoms with Crippen LogP contribution in [0.2, 0.25) is 0 Å². The van der Waals surface area contributed by atoms with E-state index in [1.54, 1.807) is 27.7 Å². The van der Waals surface area contributed by atoms with Crippen LogP contribution in [0.3, 0.4) is 0 Å². The van der Waals surface area contributed by atoms with E-state index in [4.69, 9.17) is 0 Å². The van der Waals surface area contributed by atoms with Crippen molar-refractivity contribution in [2.75, 3.05) is 0 Å². The minimum Gasteiger partial charge on any atom is -0.346 e. The Hall–Kier alpha value is -1.79. The zero-order valence-electron chi connectivity index (χ0n) is 15.0. The summed E-state index contributed by atoms with van der Waals surface area (Å²) in [5.41, 5.74) is 0. The molecule has 0 unspecified atom stereocenters. The highest BCUT2D eigenvalue weighted by Gasteiger charge is 2.14. The third-order valence-electron chi connectivity index (χ3n) is 1.89. The van der Waals surface area contributed by atoms with Crippen LogP contribution in [0, 0.1) is 0 Å². The van der Waals surface area contributed by atoms with Gasteiger partial charge in [-0.15, -0.1) is 0 Å². The van der Waals surface area contributed by atoms with Crippen molar-refractivity contribution in [2.45, 2.75) is 87.0 Å². The number of rotatable bonds is 4. The molecule has 0 heterocycles. The van der Waals surface area contributed by atoms with Crippen molar-refractivity contribution in [2.24, 2.45) is 0 Å². The molecule has 0 atom stereocenters. The predicted molar refractivity (Wildman–Crippen MR) is 95.2 cm³/mol. The molecule has 0 aliphatic rings. The van der Waals surface area contributed by atoms with Gasteiger partial charge in [0.1, 0.15) is 0 Å². The van der Waals surface area contributed by atoms with Gasteiger partial charge >= 0.3 is 17.8 Å². The van der Waals surface area contributed by atoms with E-state index in [1.807, 2.05) is 27.7 Å². The third-order valence-corrected chi connectivity index (χ3v) is 1.89. The standard InChI is InChI=1S/C8H16N2O2.C7H16N2O.CH4/c1-5(2)9-7(11)8(12)10-6(3)4;1-5(2)8-7(10)9-6(3)4;/h5-6H,1-4H3,(H,9,11)(H,10,12);5-6H,1-4H3,(H2,8,9,10);1H4. The summed E-state index contributed by atoms with van der Waals surface area (Å²) >= 11 is 0. The maximum absolute atomic E-state index is 11.0. The number of hydrogen-bond acceptors (Lipinski definition) is 3. The lowest BCUT2D eigenvalue weighted by atomic mass is 10.3. The van der Waals surface area contributed by atoms with Crippen molar-refractivity contribution < 1.29 is 14.4 Å². The van der Waals surface area contributed by atoms with E-state index in [0.29, 0.717) is 0 Å². The summed E-state index contributed by atoms with van der Waals surface area (Å²) in [6.45, 7) is 14.9. The van der Waals surface area contributed by atoms with Crippen LogP contribution in [-0.4, -0.2) is 42.0 Å². The van der Waals surface area contributed by atoms with Crippen LogP contribution >= 0.6 is 0 Å². The largest absolute Gasteiger partial charge is 0.346 e. The molecule has 7 heteroatoms. The second kappa shape index (κ2) is 13.8. The van der Waals surface area contributed by atoms with Gasteiger partial charge < -0.3 is 21.3 Å². The fourth-order valence-electron chi connectivity index (χ4n) is 1.22. The maximum Gasteiger partial charge on any atom is 0.315 e. The van der Waals surface area contributed by atoms with Gasteiger partial charge in [-0.25, -0.2) is 4.79 Å². The topological polar surface area (TPSA) is 99.3 Å². The van der Waals surface area contributed by atoms with Gasteiger partial charge in [-0.05, 0) is 55.4 Å². The number of hydrogen-bond donors (Lipinski definition) is 4. The van der Waals surface area contributed by atoms with E-state index in [9.17, 15) is 14.4 Å². The molecule has 0 saturated carbocycles. The fourth-order valence-corrected chi connectivity index (χ4v) is 1.22. The number of urea groups is 1. The third kappa shape index (κ3) is 20.2. The zero-order valence-corrected chi connectivity index (χ0v) is 15.0. The van der Waals surface area contributed by atoms with E-state index >= 15 is 0 Å². The minimum atomic E-state index is -0.571. The molecule has 0 radical (unpaired) electrons. The molecule has 0 saturated heterocycles. The Bertz CT molecular complexity index is 321. The highest BCUT2D eigenvalue weighted by Crippen LogP contribution is 1.81. The van der Waals surface area contributed by atoms with Crippen LogP contribution in [0.25, 0.3) is 0 Å². The lowest BCUT2D eigenvalue weighted by molar-refractivity contribution is -0.139. The normalized spacial score (nSPS) is 9.74. The van der Waals surface area contributed by atoms with Gasteiger partial charge in [0.2, 0.25) is 0 Å². The second-order valence-electron chi connectivity index (χ2n) is 6.18. The molecule has 23 heavy (non-hydrogen) atoms. The Morgan fingerprint density at radius 1 is 0.522 bits per heavy atom. The first-order chi connectivity index (χ1) is 9.95. The first-order valence-electron chi connectivity index (χ1n) is 7.64. The van der Waals surface area contributed by atoms with E-state index in [-0.39, 0.29) is 37.6 Å². The van der Waals surface area contributed by atoms with Gasteiger partial charge in [0.05, 0.1) is 0 Å². The van der Waals surface area contributed by atoms with E-state index in [0.717, 1.165) is 0 Å². The molecule has 7 nitrogen and oxygen atoms in total. The summed E-state index contributed by atoms with van der Waals surface area (Å²) < 4.78 is 0. The van der Waals surface area contributed by atoms with Gasteiger partial charge in [-0.1, -0.05) is 7.43 Å². The average Bonchev–Trinajstić information content (AvgIpc) is 2.25. The summed E-state index contributed by atoms with van der Waals surface area (Å²) in [6, 6.07) is 0.313. The minimum absolute atomic E-state index is 0. The van der Waals surface area contributed by atoms with Crippen molar-refractivity contribution in [1.29, 1.82) is 0 Å². The number of carbonyl (C=O) groups excluding carboxylic acids is 3. The Kier molecular flexibility index (Phi) is 15.7. The lowest BCUT2D eigenvalue weighted by Crippen LogP contribution is -2.44. The van der Waals surface area contributed by atoms with Crippen molar-refractivity contribution in [3.8, 4) is 0 Å². The molecule has 0 aliphatic heterocycles. The van der Waals surface area contributed by atoms with Crippen molar-refractivity contribution in [3.05, 3.63) is 0 Å². The molecule has 0 fully saturated rings. The fraction of sp³-hybridized carbons (Fsp3) is 0.812. The first kappa shape index (κ1) is 26.1. The molecule has 4 amide bonds. The number of amides is 4. The van der Waals surface area contributed by atoms with Crippen LogP contribution in [0.1, 0.15) is 62.8 Å². The quantitative estimate of drug-likeness (QED) is 0.590. The van der Waals surface area contributed by atoms with Crippen molar-refractivity contribution in [1.82, 2.24) is 21.3 Å². The van der Waals surface area contributed by atoms with Gasteiger partial charge in [0.15, 0.2) is 0 Å². The first-order valence-corrected chi connectivity index (χ1v) is 7.64. The van der Waals surface area contributed by atoms with E-state index in [1.165, 1.54) is 0 Å². The second-order valence-corrected chi connectivity index (χ2v) is 6.18. The predicted octanol–water partition coefficient (Wildman–Crippen LogP) is 1.77. The Morgan fingerprint density at radius 3 is 0.913 bits per heavy atom. The molecule has 0 bridgehead atoms. The summed E-state index contributed by atoms with van der Waals surface area (Å²) in [7, 11) is 0. The monoisotopic (exact) mass is 332 g/mol. The molecule has 4 N–H and O–H groups in total. The molecule has 0 aliphatic carbocycles. The number of nitrogens with one attached hydrogen (secondary N) is 4. The van der Waals surface area contributed by atoms with Gasteiger partial charge in [-0.3, -0.25) is 9.59 Å². The van der Waals surface area contributed by atoms with Crippen molar-refractivity contribution in [3.63, 3.8) is 0 Å². The van der Waals surface area contributed by atoms with Crippen LogP contribution < -0.4 is 21.3 Å². The maximum atomic E-state index is 11.0. The summed E-state index contributed by atoms with van der Waals surface area (Å²) in [6.07, 6.45) is 0. The van der Waals surface area contributed by atoms with E-state index < -0.39 is 11.8 Å². The van der Waals surface area contributed by atoms with E-state index in [2.05, 4.69) is 21.3 Å². The Balaban J connectivity index is -0.000000338. The molecule has 0 aromatic carbocycles. The van der Waals surface area contributed by atoms with Gasteiger partial charge in [0, 0.05) is 24.2 Å². The average molecular weight is 332 g/mol. The Morgan fingerprint density at radius 2 is 0.739 bits per heavy atom. The molecule has 0 aromatic heterocycles. The SMILES string of the molecule is C.CC(C)NC(=O)C(=O)NC(C)C.CC(C)NC(=O)NC(C)C. The lowest BCUT2D eigenvalue weighted by Gasteiger charge is -2.11. The smallest absolute Gasteiger partial charge is 0.315 e. The number of carbonyl (C=O) groups is 3. The molecular formula is C16H36N4O3. The molecule has 0 aromatic rings. The molecule has 138 valence electrons. The highest BCUT2D eigenvalue weighted by molar-refractivity contribution is 6.35. The summed E-state index contributed by atoms with van der Waals surface area (Å²) in [5, 5.41) is 10.4. The van der Waals surface area contributed by atoms with Crippen LogP contribution in [0.15, 0.2) is 0 Å². The van der Waals surface area contributed by atoms with Crippen LogP contribution in [0.5, 0.6) is 0 Å². The Labute approximate surface area is 141 Å². The van der Waals surface area contributed by atoms with Crippen LogP contribution in [0.4, 0.5) is 4.79 Å².